The molecular formula is C23H33N7O4S. The molecule has 12 heteroatoms. The molecule has 0 unspecified atom stereocenters. The number of hydrogen-bond donors (Lipinski definition) is 2. The van der Waals surface area contributed by atoms with Gasteiger partial charge in [-0.2, -0.15) is 4.31 Å². The van der Waals surface area contributed by atoms with E-state index in [2.05, 4.69) is 32.1 Å². The molecule has 0 spiro atoms. The van der Waals surface area contributed by atoms with Crippen LogP contribution < -0.4 is 15.8 Å². The predicted molar refractivity (Wildman–Crippen MR) is 132 cm³/mol. The van der Waals surface area contributed by atoms with Gasteiger partial charge in [0.05, 0.1) is 16.8 Å². The van der Waals surface area contributed by atoms with Crippen LogP contribution >= 0.6 is 0 Å². The van der Waals surface area contributed by atoms with Gasteiger partial charge in [-0.1, -0.05) is 12.1 Å². The molecule has 1 aromatic heterocycles. The number of carbonyl (C=O) groups excluding carboxylic acids is 1. The Morgan fingerprint density at radius 2 is 1.77 bits per heavy atom. The summed E-state index contributed by atoms with van der Waals surface area (Å²) in [5.41, 5.74) is 6.91. The highest BCUT2D eigenvalue weighted by molar-refractivity contribution is 7.89. The molecule has 0 saturated carbocycles. The van der Waals surface area contributed by atoms with Crippen molar-refractivity contribution in [3.05, 3.63) is 30.5 Å². The van der Waals surface area contributed by atoms with E-state index in [1.165, 1.54) is 10.5 Å². The summed E-state index contributed by atoms with van der Waals surface area (Å²) in [7, 11) is -1.38. The highest BCUT2D eigenvalue weighted by Crippen LogP contribution is 2.26. The van der Waals surface area contributed by atoms with Crippen molar-refractivity contribution in [2.75, 3.05) is 65.1 Å². The summed E-state index contributed by atoms with van der Waals surface area (Å²) in [4.78, 5) is 25.5. The number of ether oxygens (including phenoxy) is 1. The van der Waals surface area contributed by atoms with Crippen molar-refractivity contribution in [1.29, 1.82) is 0 Å². The van der Waals surface area contributed by atoms with E-state index in [0.29, 0.717) is 30.9 Å². The van der Waals surface area contributed by atoms with Crippen LogP contribution in [0.3, 0.4) is 0 Å². The zero-order valence-corrected chi connectivity index (χ0v) is 20.8. The summed E-state index contributed by atoms with van der Waals surface area (Å²) in [6.07, 6.45) is 3.39. The van der Waals surface area contributed by atoms with Gasteiger partial charge in [0.2, 0.25) is 10.0 Å². The maximum atomic E-state index is 12.7. The van der Waals surface area contributed by atoms with Crippen molar-refractivity contribution in [3.8, 4) is 17.1 Å². The van der Waals surface area contributed by atoms with E-state index in [-0.39, 0.29) is 16.6 Å². The van der Waals surface area contributed by atoms with E-state index >= 15 is 0 Å². The van der Waals surface area contributed by atoms with E-state index < -0.39 is 16.1 Å². The first-order chi connectivity index (χ1) is 16.8. The zero-order chi connectivity index (χ0) is 24.8. The van der Waals surface area contributed by atoms with E-state index in [1.807, 2.05) is 0 Å². The smallest absolute Gasteiger partial charge is 0.387 e. The van der Waals surface area contributed by atoms with Gasteiger partial charge in [0, 0.05) is 51.4 Å². The number of nitrogen functional groups attached to an aromatic ring is 1. The Bertz CT molecular complexity index is 1110. The Balaban J connectivity index is 1.32. The lowest BCUT2D eigenvalue weighted by molar-refractivity contribution is 0.152. The normalized spacial score (nSPS) is 18.0. The summed E-state index contributed by atoms with van der Waals surface area (Å²) >= 11 is 0. The second kappa shape index (κ2) is 11.3. The summed E-state index contributed by atoms with van der Waals surface area (Å²) in [6.45, 7) is 6.66. The van der Waals surface area contributed by atoms with Gasteiger partial charge < -0.3 is 25.6 Å². The fourth-order valence-corrected chi connectivity index (χ4v) is 5.68. The number of aromatic nitrogens is 2. The minimum atomic E-state index is -3.49. The SMILES string of the molecule is CN1CCN(CCCNC(=O)Oc2nc(-c3ccc(S(=O)(=O)N4CCCC4)cc3)cnc2N)CC1. The lowest BCUT2D eigenvalue weighted by atomic mass is 10.2. The highest BCUT2D eigenvalue weighted by Gasteiger charge is 2.27. The lowest BCUT2D eigenvalue weighted by Crippen LogP contribution is -2.45. The number of nitrogens with zero attached hydrogens (tertiary/aromatic N) is 5. The second-order valence-electron chi connectivity index (χ2n) is 8.90. The molecule has 3 heterocycles. The molecule has 190 valence electrons. The molecule has 4 rings (SSSR count). The number of sulfonamides is 1. The highest BCUT2D eigenvalue weighted by atomic mass is 32.2. The van der Waals surface area contributed by atoms with Crippen LogP contribution in [0.2, 0.25) is 0 Å². The molecule has 0 bridgehead atoms. The van der Waals surface area contributed by atoms with Crippen LogP contribution in [0.1, 0.15) is 19.3 Å². The van der Waals surface area contributed by atoms with Crippen molar-refractivity contribution in [1.82, 2.24) is 29.4 Å². The number of benzene rings is 1. The quantitative estimate of drug-likeness (QED) is 0.510. The Hall–Kier alpha value is -2.80. The minimum absolute atomic E-state index is 0.00503. The summed E-state index contributed by atoms with van der Waals surface area (Å²) in [5, 5.41) is 2.72. The van der Waals surface area contributed by atoms with Crippen molar-refractivity contribution < 1.29 is 17.9 Å². The van der Waals surface area contributed by atoms with Gasteiger partial charge >= 0.3 is 6.09 Å². The fraction of sp³-hybridized carbons (Fsp3) is 0.522. The van der Waals surface area contributed by atoms with Crippen LogP contribution in [-0.2, 0) is 10.0 Å². The first-order valence-corrected chi connectivity index (χ1v) is 13.4. The molecule has 2 saturated heterocycles. The maximum Gasteiger partial charge on any atom is 0.414 e. The molecular weight excluding hydrogens is 470 g/mol. The van der Waals surface area contributed by atoms with Gasteiger partial charge in [-0.25, -0.2) is 23.2 Å². The standard InChI is InChI=1S/C23H33N7O4S/c1-28-13-15-29(16-14-28)10-4-9-25-23(31)34-22-21(24)26-17-20(27-22)18-5-7-19(8-6-18)35(32,33)30-11-2-3-12-30/h5-8,17H,2-4,9-16H2,1H3,(H2,24,26)(H,25,31). The van der Waals surface area contributed by atoms with E-state index in [4.69, 9.17) is 10.5 Å². The van der Waals surface area contributed by atoms with Crippen molar-refractivity contribution in [3.63, 3.8) is 0 Å². The largest absolute Gasteiger partial charge is 0.414 e. The Labute approximate surface area is 206 Å². The molecule has 3 N–H and O–H groups in total. The van der Waals surface area contributed by atoms with Gasteiger partial charge in [-0.15, -0.1) is 0 Å². The molecule has 2 aliphatic rings. The van der Waals surface area contributed by atoms with E-state index in [1.54, 1.807) is 24.3 Å². The maximum absolute atomic E-state index is 12.7. The average molecular weight is 504 g/mol. The Morgan fingerprint density at radius 1 is 1.09 bits per heavy atom. The first-order valence-electron chi connectivity index (χ1n) is 11.9. The van der Waals surface area contributed by atoms with Gasteiger partial charge in [-0.05, 0) is 45.0 Å². The third-order valence-electron chi connectivity index (χ3n) is 6.33. The Kier molecular flexibility index (Phi) is 8.16. The molecule has 0 atom stereocenters. The lowest BCUT2D eigenvalue weighted by Gasteiger charge is -2.32. The number of nitrogens with two attached hydrogens (primary N) is 1. The topological polar surface area (TPSA) is 134 Å². The molecule has 0 radical (unpaired) electrons. The summed E-state index contributed by atoms with van der Waals surface area (Å²) in [6, 6.07) is 6.42. The average Bonchev–Trinajstić information content (AvgIpc) is 3.41. The number of amides is 1. The number of anilines is 1. The van der Waals surface area contributed by atoms with E-state index in [0.717, 1.165) is 52.0 Å². The molecule has 1 aromatic carbocycles. The molecule has 2 aliphatic heterocycles. The zero-order valence-electron chi connectivity index (χ0n) is 20.0. The van der Waals surface area contributed by atoms with E-state index in [9.17, 15) is 13.2 Å². The van der Waals surface area contributed by atoms with Gasteiger partial charge in [-0.3, -0.25) is 0 Å². The number of nitrogens with one attached hydrogen (secondary N) is 1. The van der Waals surface area contributed by atoms with Crippen LogP contribution in [0.15, 0.2) is 35.4 Å². The predicted octanol–water partition coefficient (Wildman–Crippen LogP) is 1.24. The number of carbonyl (C=O) groups is 1. The van der Waals surface area contributed by atoms with Gasteiger partial charge in [0.15, 0.2) is 5.82 Å². The number of rotatable bonds is 8. The number of likely N-dealkylation sites (N-methyl/N-ethyl adjacent to an activating group) is 1. The van der Waals surface area contributed by atoms with Crippen molar-refractivity contribution in [2.24, 2.45) is 0 Å². The first kappa shape index (κ1) is 25.3. The minimum Gasteiger partial charge on any atom is -0.387 e. The van der Waals surface area contributed by atoms with Crippen molar-refractivity contribution >= 4 is 21.9 Å². The molecule has 2 aromatic rings. The third-order valence-corrected chi connectivity index (χ3v) is 8.24. The molecule has 2 fully saturated rings. The molecule has 11 nitrogen and oxygen atoms in total. The van der Waals surface area contributed by atoms with Crippen molar-refractivity contribution in [2.45, 2.75) is 24.2 Å². The van der Waals surface area contributed by atoms with Crippen LogP contribution in [0.4, 0.5) is 10.6 Å². The van der Waals surface area contributed by atoms with Crippen LogP contribution in [0.5, 0.6) is 5.88 Å². The van der Waals surface area contributed by atoms with Gasteiger partial charge in [0.25, 0.3) is 5.88 Å². The van der Waals surface area contributed by atoms with Gasteiger partial charge in [0.1, 0.15) is 0 Å². The van der Waals surface area contributed by atoms with Crippen LogP contribution in [0, 0.1) is 0 Å². The fourth-order valence-electron chi connectivity index (χ4n) is 4.16. The number of piperazine rings is 1. The van der Waals surface area contributed by atoms with Crippen LogP contribution in [-0.4, -0.2) is 98.0 Å². The monoisotopic (exact) mass is 503 g/mol. The molecule has 1 amide bonds. The molecule has 35 heavy (non-hydrogen) atoms. The third kappa shape index (κ3) is 6.45. The second-order valence-corrected chi connectivity index (χ2v) is 10.8. The number of hydrogen-bond acceptors (Lipinski definition) is 9. The van der Waals surface area contributed by atoms with Crippen LogP contribution in [0.25, 0.3) is 11.3 Å². The Morgan fingerprint density at radius 3 is 2.46 bits per heavy atom. The summed E-state index contributed by atoms with van der Waals surface area (Å²) < 4.78 is 32.2. The summed E-state index contributed by atoms with van der Waals surface area (Å²) in [5.74, 6) is -0.0950. The molecule has 0 aliphatic carbocycles.